The molecule has 2 rings (SSSR count). The lowest BCUT2D eigenvalue weighted by molar-refractivity contribution is 0.200. The number of carbonyl (C=O) groups excluding carboxylic acids is 1. The molecule has 0 saturated carbocycles. The number of hydrogen-bond donors (Lipinski definition) is 3. The van der Waals surface area contributed by atoms with E-state index >= 15 is 0 Å². The maximum atomic E-state index is 12.1. The molecule has 1 atom stereocenters. The molecule has 0 aromatic heterocycles. The van der Waals surface area contributed by atoms with Crippen molar-refractivity contribution in [1.82, 2.24) is 10.6 Å². The molecule has 1 aliphatic rings. The Hall–Kier alpha value is -1.75. The number of aliphatic hydroxyl groups is 1. The second kappa shape index (κ2) is 8.38. The van der Waals surface area contributed by atoms with Crippen molar-refractivity contribution in [3.8, 4) is 0 Å². The standard InChI is InChI=1S/C19H31N3O2/c1-15(21-18(24)20-14-19(2,3)9-12-23)16-7-6-8-17(13-16)22-10-4-5-11-22/h6-8,13,15,23H,4-5,9-12,14H2,1-3H3,(H2,20,21,24). The number of amides is 2. The highest BCUT2D eigenvalue weighted by atomic mass is 16.3. The molecule has 134 valence electrons. The highest BCUT2D eigenvalue weighted by Crippen LogP contribution is 2.24. The Morgan fingerprint density at radius 3 is 2.71 bits per heavy atom. The summed E-state index contributed by atoms with van der Waals surface area (Å²) in [6, 6.07) is 8.21. The molecule has 0 bridgehead atoms. The topological polar surface area (TPSA) is 64.6 Å². The second-order valence-corrected chi connectivity index (χ2v) is 7.48. The van der Waals surface area contributed by atoms with Crippen molar-refractivity contribution in [1.29, 1.82) is 0 Å². The summed E-state index contributed by atoms with van der Waals surface area (Å²) in [5.41, 5.74) is 2.25. The van der Waals surface area contributed by atoms with Crippen molar-refractivity contribution in [3.63, 3.8) is 0 Å². The van der Waals surface area contributed by atoms with E-state index in [9.17, 15) is 4.79 Å². The van der Waals surface area contributed by atoms with Gasteiger partial charge < -0.3 is 20.6 Å². The molecule has 1 aromatic carbocycles. The van der Waals surface area contributed by atoms with Gasteiger partial charge in [-0.05, 0) is 49.3 Å². The molecule has 1 saturated heterocycles. The summed E-state index contributed by atoms with van der Waals surface area (Å²) in [7, 11) is 0. The van der Waals surface area contributed by atoms with Crippen molar-refractivity contribution < 1.29 is 9.90 Å². The van der Waals surface area contributed by atoms with Crippen molar-refractivity contribution >= 4 is 11.7 Å². The number of benzene rings is 1. The lowest BCUT2D eigenvalue weighted by Crippen LogP contribution is -2.41. The first-order valence-electron chi connectivity index (χ1n) is 8.91. The quantitative estimate of drug-likeness (QED) is 0.718. The summed E-state index contributed by atoms with van der Waals surface area (Å²) >= 11 is 0. The minimum atomic E-state index is -0.167. The average Bonchev–Trinajstić information content (AvgIpc) is 3.08. The summed E-state index contributed by atoms with van der Waals surface area (Å²) in [5.74, 6) is 0. The van der Waals surface area contributed by atoms with Gasteiger partial charge in [-0.25, -0.2) is 4.79 Å². The van der Waals surface area contributed by atoms with Gasteiger partial charge in [-0.15, -0.1) is 0 Å². The Balaban J connectivity index is 1.88. The molecule has 0 radical (unpaired) electrons. The molecule has 5 heteroatoms. The molecule has 1 heterocycles. The van der Waals surface area contributed by atoms with Gasteiger partial charge in [0.25, 0.3) is 0 Å². The van der Waals surface area contributed by atoms with Crippen LogP contribution in [0.5, 0.6) is 0 Å². The van der Waals surface area contributed by atoms with Crippen LogP contribution in [0.1, 0.15) is 51.6 Å². The Morgan fingerprint density at radius 1 is 1.33 bits per heavy atom. The van der Waals surface area contributed by atoms with Gasteiger partial charge in [-0.1, -0.05) is 26.0 Å². The molecule has 0 spiro atoms. The first-order chi connectivity index (χ1) is 11.4. The van der Waals surface area contributed by atoms with E-state index < -0.39 is 0 Å². The van der Waals surface area contributed by atoms with Gasteiger partial charge in [0.15, 0.2) is 0 Å². The van der Waals surface area contributed by atoms with E-state index in [0.717, 1.165) is 18.7 Å². The molecule has 1 aliphatic heterocycles. The number of anilines is 1. The van der Waals surface area contributed by atoms with Gasteiger partial charge in [0.2, 0.25) is 0 Å². The Bertz CT molecular complexity index is 539. The number of urea groups is 1. The lowest BCUT2D eigenvalue weighted by Gasteiger charge is -2.25. The normalized spacial score (nSPS) is 16.1. The van der Waals surface area contributed by atoms with Gasteiger partial charge in [0, 0.05) is 31.9 Å². The first kappa shape index (κ1) is 18.6. The molecule has 1 aromatic rings. The predicted molar refractivity (Wildman–Crippen MR) is 98.3 cm³/mol. The average molecular weight is 333 g/mol. The zero-order valence-electron chi connectivity index (χ0n) is 15.1. The van der Waals surface area contributed by atoms with Crippen LogP contribution in [-0.4, -0.2) is 37.4 Å². The molecule has 24 heavy (non-hydrogen) atoms. The summed E-state index contributed by atoms with van der Waals surface area (Å²) in [6.45, 7) is 8.98. The maximum absolute atomic E-state index is 12.1. The molecule has 3 N–H and O–H groups in total. The lowest BCUT2D eigenvalue weighted by atomic mass is 9.90. The van der Waals surface area contributed by atoms with Crippen LogP contribution in [0.25, 0.3) is 0 Å². The van der Waals surface area contributed by atoms with Crippen LogP contribution in [0.2, 0.25) is 0 Å². The Kier molecular flexibility index (Phi) is 6.49. The first-order valence-corrected chi connectivity index (χ1v) is 8.91. The number of hydrogen-bond acceptors (Lipinski definition) is 3. The predicted octanol–water partition coefficient (Wildman–Crippen LogP) is 3.06. The highest BCUT2D eigenvalue weighted by molar-refractivity contribution is 5.74. The van der Waals surface area contributed by atoms with Gasteiger partial charge in [-0.3, -0.25) is 0 Å². The van der Waals surface area contributed by atoms with Gasteiger partial charge in [-0.2, -0.15) is 0 Å². The van der Waals surface area contributed by atoms with Crippen LogP contribution in [0.15, 0.2) is 24.3 Å². The fourth-order valence-electron chi connectivity index (χ4n) is 3.01. The molecular weight excluding hydrogens is 302 g/mol. The number of nitrogens with zero attached hydrogens (tertiary/aromatic N) is 1. The van der Waals surface area contributed by atoms with Crippen molar-refractivity contribution in [3.05, 3.63) is 29.8 Å². The summed E-state index contributed by atoms with van der Waals surface area (Å²) < 4.78 is 0. The Morgan fingerprint density at radius 2 is 2.04 bits per heavy atom. The Labute approximate surface area is 145 Å². The van der Waals surface area contributed by atoms with E-state index in [1.165, 1.54) is 18.5 Å². The molecule has 2 amide bonds. The van der Waals surface area contributed by atoms with Gasteiger partial charge in [0.05, 0.1) is 6.04 Å². The molecule has 0 aliphatic carbocycles. The summed E-state index contributed by atoms with van der Waals surface area (Å²) in [6.07, 6.45) is 3.18. The number of aliphatic hydroxyl groups excluding tert-OH is 1. The van der Waals surface area contributed by atoms with Crippen LogP contribution in [0.4, 0.5) is 10.5 Å². The van der Waals surface area contributed by atoms with Crippen LogP contribution < -0.4 is 15.5 Å². The third kappa shape index (κ3) is 5.41. The van der Waals surface area contributed by atoms with Crippen LogP contribution in [-0.2, 0) is 0 Å². The van der Waals surface area contributed by atoms with E-state index in [0.29, 0.717) is 13.0 Å². The maximum Gasteiger partial charge on any atom is 0.315 e. The van der Waals surface area contributed by atoms with Crippen LogP contribution >= 0.6 is 0 Å². The van der Waals surface area contributed by atoms with Crippen molar-refractivity contribution in [2.45, 2.75) is 46.1 Å². The van der Waals surface area contributed by atoms with Gasteiger partial charge >= 0.3 is 6.03 Å². The monoisotopic (exact) mass is 333 g/mol. The zero-order valence-corrected chi connectivity index (χ0v) is 15.1. The van der Waals surface area contributed by atoms with E-state index in [4.69, 9.17) is 5.11 Å². The number of nitrogens with one attached hydrogen (secondary N) is 2. The smallest absolute Gasteiger partial charge is 0.315 e. The minimum Gasteiger partial charge on any atom is -0.396 e. The third-order valence-corrected chi connectivity index (χ3v) is 4.71. The van der Waals surface area contributed by atoms with Gasteiger partial charge in [0.1, 0.15) is 0 Å². The summed E-state index contributed by atoms with van der Waals surface area (Å²) in [4.78, 5) is 14.5. The SMILES string of the molecule is CC(NC(=O)NCC(C)(C)CCO)c1cccc(N2CCCC2)c1. The van der Waals surface area contributed by atoms with Crippen LogP contribution in [0.3, 0.4) is 0 Å². The van der Waals surface area contributed by atoms with E-state index in [1.54, 1.807) is 0 Å². The highest BCUT2D eigenvalue weighted by Gasteiger charge is 2.19. The number of rotatable bonds is 7. The van der Waals surface area contributed by atoms with Crippen molar-refractivity contribution in [2.75, 3.05) is 31.1 Å². The van der Waals surface area contributed by atoms with E-state index in [-0.39, 0.29) is 24.1 Å². The molecule has 1 fully saturated rings. The fraction of sp³-hybridized carbons (Fsp3) is 0.632. The van der Waals surface area contributed by atoms with Crippen LogP contribution in [0, 0.1) is 5.41 Å². The largest absolute Gasteiger partial charge is 0.396 e. The minimum absolute atomic E-state index is 0.0477. The summed E-state index contributed by atoms with van der Waals surface area (Å²) in [5, 5.41) is 14.9. The number of carbonyl (C=O) groups is 1. The van der Waals surface area contributed by atoms with Crippen molar-refractivity contribution in [2.24, 2.45) is 5.41 Å². The molecule has 5 nitrogen and oxygen atoms in total. The fourth-order valence-corrected chi connectivity index (χ4v) is 3.01. The second-order valence-electron chi connectivity index (χ2n) is 7.48. The zero-order chi connectivity index (χ0) is 17.6. The molecule has 1 unspecified atom stereocenters. The third-order valence-electron chi connectivity index (χ3n) is 4.71. The molecular formula is C19H31N3O2. The van der Waals surface area contributed by atoms with E-state index in [1.807, 2.05) is 20.8 Å². The van der Waals surface area contributed by atoms with E-state index in [2.05, 4.69) is 39.8 Å².